The van der Waals surface area contributed by atoms with Crippen LogP contribution < -0.4 is 9.47 Å². The molecule has 2 bridgehead atoms. The lowest BCUT2D eigenvalue weighted by molar-refractivity contribution is -0.0453. The van der Waals surface area contributed by atoms with Crippen molar-refractivity contribution in [1.82, 2.24) is 4.90 Å². The van der Waals surface area contributed by atoms with E-state index in [0.717, 1.165) is 0 Å². The Morgan fingerprint density at radius 2 is 2.55 bits per heavy atom. The highest BCUT2D eigenvalue weighted by molar-refractivity contribution is 5.62. The number of hydrogen-bond acceptors (Lipinski definition) is 4. The predicted molar refractivity (Wildman–Crippen MR) is 82.5 cm³/mol. The van der Waals surface area contributed by atoms with E-state index in [1.54, 1.807) is 11.9 Å². The molecule has 1 spiro atoms. The number of hydrogen-bond donors (Lipinski definition) is 1. The molecule has 2 aliphatic heterocycles. The minimum atomic E-state index is -2.75. The van der Waals surface area contributed by atoms with Crippen molar-refractivity contribution in [1.29, 1.82) is 1.43 Å². The van der Waals surface area contributed by atoms with Crippen LogP contribution in [-0.4, -0.2) is 50.3 Å². The minimum absolute atomic E-state index is 0.0616. The molecule has 1 fully saturated rings. The Hall–Kier alpha value is -1.52. The monoisotopic (exact) mass is 307 g/mol. The Kier molecular flexibility index (Phi) is 1.36. The van der Waals surface area contributed by atoms with Crippen LogP contribution in [-0.2, 0) is 11.8 Å². The zero-order chi connectivity index (χ0) is 21.9. The lowest BCUT2D eigenvalue weighted by Crippen LogP contribution is -2.64. The number of aliphatic hydroxyl groups excluding tert-OH is 1. The van der Waals surface area contributed by atoms with E-state index in [-0.39, 0.29) is 17.1 Å². The van der Waals surface area contributed by atoms with E-state index in [9.17, 15) is 2.74 Å². The highest BCUT2D eigenvalue weighted by Crippen LogP contribution is 2.62. The second-order valence-electron chi connectivity index (χ2n) is 6.31. The zero-order valence-electron chi connectivity index (χ0n) is 20.1. The molecular formula is C18H21NO3. The van der Waals surface area contributed by atoms with Crippen LogP contribution in [0.5, 0.6) is 11.5 Å². The summed E-state index contributed by atoms with van der Waals surface area (Å²) in [5.41, 5.74) is -0.649. The Labute approximate surface area is 141 Å². The summed E-state index contributed by atoms with van der Waals surface area (Å²) in [5.74, 6) is -1.78. The molecule has 4 nitrogen and oxygen atoms in total. The molecule has 1 saturated heterocycles. The number of methoxy groups -OCH3 is 1. The summed E-state index contributed by atoms with van der Waals surface area (Å²) in [6.45, 7) is 0.325. The number of likely N-dealkylation sites (tertiary alicyclic amines) is 1. The van der Waals surface area contributed by atoms with Gasteiger partial charge in [-0.3, -0.25) is 0 Å². The van der Waals surface area contributed by atoms with Crippen molar-refractivity contribution in [3.05, 3.63) is 35.4 Å². The number of nitrogens with zero attached hydrogens (tertiary/aromatic N) is 1. The van der Waals surface area contributed by atoms with E-state index < -0.39 is 42.9 Å². The van der Waals surface area contributed by atoms with Gasteiger partial charge in [0.05, 0.1) is 11.2 Å². The summed E-state index contributed by atoms with van der Waals surface area (Å²) in [6.07, 6.45) is -0.726. The number of aliphatic hydroxyl groups is 1. The third kappa shape index (κ3) is 1.28. The molecule has 5 rings (SSSR count). The third-order valence-electron chi connectivity index (χ3n) is 5.37. The first-order valence-electron chi connectivity index (χ1n) is 11.3. The summed E-state index contributed by atoms with van der Waals surface area (Å²) in [4.78, 5) is 1.56. The smallest absolute Gasteiger partial charge is 0.211 e. The van der Waals surface area contributed by atoms with E-state index >= 15 is 0 Å². The predicted octanol–water partition coefficient (Wildman–Crippen LogP) is 1.50. The molecule has 22 heavy (non-hydrogen) atoms. The summed E-state index contributed by atoms with van der Waals surface area (Å²) in [7, 11) is -1.11. The van der Waals surface area contributed by atoms with Gasteiger partial charge in [-0.1, -0.05) is 18.2 Å². The van der Waals surface area contributed by atoms with Gasteiger partial charge in [0, 0.05) is 28.4 Å². The van der Waals surface area contributed by atoms with Crippen LogP contribution >= 0.6 is 0 Å². The van der Waals surface area contributed by atoms with E-state index in [1.807, 2.05) is 0 Å². The van der Waals surface area contributed by atoms with E-state index in [4.69, 9.17) is 22.9 Å². The Bertz CT molecular complexity index is 967. The van der Waals surface area contributed by atoms with Crippen molar-refractivity contribution in [2.75, 3.05) is 20.6 Å². The van der Waals surface area contributed by atoms with Gasteiger partial charge in [-0.25, -0.2) is 0 Å². The summed E-state index contributed by atoms with van der Waals surface area (Å²) in [5, 5.41) is 4.87. The maximum absolute atomic E-state index is 9.47. The second-order valence-corrected chi connectivity index (χ2v) is 6.31. The van der Waals surface area contributed by atoms with Crippen LogP contribution in [0.25, 0.3) is 0 Å². The zero-order valence-corrected chi connectivity index (χ0v) is 12.1. The van der Waals surface area contributed by atoms with E-state index in [0.29, 0.717) is 18.5 Å². The molecule has 0 amide bonds. The number of ether oxygens (including phenoxy) is 2. The molecule has 116 valence electrons. The molecule has 1 aromatic carbocycles. The Balaban J connectivity index is 1.88. The minimum Gasteiger partial charge on any atom is -0.493 e. The van der Waals surface area contributed by atoms with Crippen molar-refractivity contribution in [2.24, 2.45) is 5.89 Å². The quantitative estimate of drug-likeness (QED) is 0.841. The Morgan fingerprint density at radius 3 is 3.41 bits per heavy atom. The molecule has 0 radical (unpaired) electrons. The SMILES string of the molecule is [2H]OC1C=C[C@]2([2H])[C@@]34CCN(C)[C@]2([2H])C([2H])([2H])c2ccc(OC([2H])([2H])[2H])c(c23)OC14. The van der Waals surface area contributed by atoms with Crippen LogP contribution in [0.2, 0.25) is 0 Å². The highest BCUT2D eigenvalue weighted by Gasteiger charge is 2.64. The maximum Gasteiger partial charge on any atom is 0.211 e. The normalized spacial score (nSPS) is 55.9. The van der Waals surface area contributed by atoms with Crippen molar-refractivity contribution < 1.29 is 24.2 Å². The van der Waals surface area contributed by atoms with Gasteiger partial charge in [-0.05, 0) is 38.0 Å². The molecule has 2 unspecified atom stereocenters. The van der Waals surface area contributed by atoms with E-state index in [2.05, 4.69) is 0 Å². The van der Waals surface area contributed by atoms with Crippen molar-refractivity contribution in [2.45, 2.75) is 36.4 Å². The number of benzene rings is 1. The van der Waals surface area contributed by atoms with Gasteiger partial charge in [-0.15, -0.1) is 0 Å². The fourth-order valence-electron chi connectivity index (χ4n) is 4.40. The first-order valence-corrected chi connectivity index (χ1v) is 7.41. The summed E-state index contributed by atoms with van der Waals surface area (Å²) < 4.78 is 77.8. The standard InChI is InChI=1S/C18H21NO3/c1-19-8-7-18-11-4-5-13(20)17(18)22-16-14(21-2)6-3-10(15(16)18)9-12(11)19/h3-6,11-13,17,20H,7-9H2,1-2H3/t11-,12+,13?,17?,18-/m0/s1/i2D3,9D2,11D,12D,20D. The van der Waals surface area contributed by atoms with Crippen LogP contribution in [0.1, 0.15) is 27.1 Å². The van der Waals surface area contributed by atoms with Gasteiger partial charge in [0.15, 0.2) is 11.5 Å². The van der Waals surface area contributed by atoms with Crippen molar-refractivity contribution >= 4 is 0 Å². The van der Waals surface area contributed by atoms with Crippen LogP contribution in [0.3, 0.4) is 0 Å². The lowest BCUT2D eigenvalue weighted by atomic mass is 9.53. The fraction of sp³-hybridized carbons (Fsp3) is 0.556. The molecule has 1 aromatic rings. The Morgan fingerprint density at radius 1 is 1.59 bits per heavy atom. The first-order chi connectivity index (χ1) is 13.8. The first kappa shape index (κ1) is 7.37. The average molecular weight is 307 g/mol. The lowest BCUT2D eigenvalue weighted by Gasteiger charge is -2.56. The molecular weight excluding hydrogens is 278 g/mol. The summed E-state index contributed by atoms with van der Waals surface area (Å²) in [6, 6.07) is 0.793. The molecule has 2 heterocycles. The summed E-state index contributed by atoms with van der Waals surface area (Å²) >= 11 is 0. The highest BCUT2D eigenvalue weighted by atomic mass is 16.5. The largest absolute Gasteiger partial charge is 0.493 e. The second kappa shape index (κ2) is 4.06. The van der Waals surface area contributed by atoms with Crippen LogP contribution in [0.15, 0.2) is 24.3 Å². The van der Waals surface area contributed by atoms with Crippen LogP contribution in [0.4, 0.5) is 0 Å². The topological polar surface area (TPSA) is 41.9 Å². The maximum atomic E-state index is 9.47. The van der Waals surface area contributed by atoms with Gasteiger partial charge in [0.25, 0.3) is 0 Å². The van der Waals surface area contributed by atoms with E-state index in [1.165, 1.54) is 24.3 Å². The molecule has 0 saturated carbocycles. The van der Waals surface area contributed by atoms with Gasteiger partial charge >= 0.3 is 0 Å². The molecule has 4 aliphatic rings. The molecule has 5 atom stereocenters. The number of likely N-dealkylation sites (N-methyl/N-ethyl adjacent to an activating group) is 1. The molecule has 4 heteroatoms. The fourth-order valence-corrected chi connectivity index (χ4v) is 4.40. The van der Waals surface area contributed by atoms with Gasteiger partial charge in [0.2, 0.25) is 1.43 Å². The average Bonchev–Trinajstić information content (AvgIpc) is 3.00. The van der Waals surface area contributed by atoms with Gasteiger partial charge in [0.1, 0.15) is 12.2 Å². The molecule has 2 aliphatic carbocycles. The number of piperidine rings is 1. The van der Waals surface area contributed by atoms with Gasteiger partial charge < -0.3 is 19.5 Å². The molecule has 0 aromatic heterocycles. The van der Waals surface area contributed by atoms with Crippen molar-refractivity contribution in [3.63, 3.8) is 0 Å². The van der Waals surface area contributed by atoms with Gasteiger partial charge in [-0.2, -0.15) is 0 Å². The molecule has 1 N–H and O–H groups in total. The van der Waals surface area contributed by atoms with Crippen molar-refractivity contribution in [3.8, 4) is 11.5 Å². The van der Waals surface area contributed by atoms with Crippen LogP contribution in [0, 0.1) is 5.89 Å². The number of rotatable bonds is 2. The third-order valence-corrected chi connectivity index (χ3v) is 5.37.